The fraction of sp³-hybridized carbons (Fsp3) is 0.211. The van der Waals surface area contributed by atoms with E-state index in [0.29, 0.717) is 0 Å². The van der Waals surface area contributed by atoms with Gasteiger partial charge in [0.05, 0.1) is 5.52 Å². The number of para-hydroxylation sites is 1. The molecule has 21 heavy (non-hydrogen) atoms. The number of hydrogen-bond donors (Lipinski definition) is 1. The summed E-state index contributed by atoms with van der Waals surface area (Å²) in [6.07, 6.45) is 3.13. The molecule has 0 aliphatic carbocycles. The van der Waals surface area contributed by atoms with Crippen LogP contribution in [0, 0.1) is 0 Å². The second-order valence-corrected chi connectivity index (χ2v) is 5.25. The van der Waals surface area contributed by atoms with Gasteiger partial charge in [0.2, 0.25) is 0 Å². The van der Waals surface area contributed by atoms with E-state index in [1.165, 1.54) is 22.1 Å². The molecule has 0 spiro atoms. The van der Waals surface area contributed by atoms with Gasteiger partial charge in [-0.3, -0.25) is 4.98 Å². The molecule has 3 rings (SSSR count). The molecule has 2 aromatic carbocycles. The number of benzene rings is 2. The summed E-state index contributed by atoms with van der Waals surface area (Å²) in [5, 5.41) is 4.66. The van der Waals surface area contributed by atoms with Crippen LogP contribution in [-0.4, -0.2) is 11.5 Å². The van der Waals surface area contributed by atoms with Gasteiger partial charge in [0, 0.05) is 23.7 Å². The molecule has 0 fully saturated rings. The molecule has 0 bridgehead atoms. The molecule has 1 N–H and O–H groups in total. The molecule has 1 heterocycles. The third kappa shape index (κ3) is 3.11. The van der Waals surface area contributed by atoms with Gasteiger partial charge >= 0.3 is 0 Å². The average Bonchev–Trinajstić information content (AvgIpc) is 2.55. The van der Waals surface area contributed by atoms with Crippen LogP contribution in [0.5, 0.6) is 0 Å². The molecular formula is C19H20N2. The lowest BCUT2D eigenvalue weighted by atomic mass is 10.00. The Morgan fingerprint density at radius 2 is 1.81 bits per heavy atom. The zero-order valence-corrected chi connectivity index (χ0v) is 12.3. The number of nitrogens with one attached hydrogen (secondary N) is 1. The Morgan fingerprint density at radius 3 is 2.71 bits per heavy atom. The molecule has 0 aliphatic heterocycles. The van der Waals surface area contributed by atoms with E-state index in [1.54, 1.807) is 0 Å². The minimum Gasteiger partial charge on any atom is -0.313 e. The van der Waals surface area contributed by atoms with Crippen molar-refractivity contribution in [3.8, 4) is 11.1 Å². The van der Waals surface area contributed by atoms with Gasteiger partial charge in [0.1, 0.15) is 0 Å². The summed E-state index contributed by atoms with van der Waals surface area (Å²) in [7, 11) is 0. The zero-order chi connectivity index (χ0) is 14.5. The third-order valence-electron chi connectivity index (χ3n) is 3.66. The third-order valence-corrected chi connectivity index (χ3v) is 3.66. The van der Waals surface area contributed by atoms with E-state index in [4.69, 9.17) is 0 Å². The van der Waals surface area contributed by atoms with Crippen molar-refractivity contribution in [3.05, 3.63) is 66.4 Å². The van der Waals surface area contributed by atoms with E-state index in [-0.39, 0.29) is 0 Å². The van der Waals surface area contributed by atoms with E-state index >= 15 is 0 Å². The minimum absolute atomic E-state index is 0.900. The first-order valence-corrected chi connectivity index (χ1v) is 7.52. The molecule has 0 radical (unpaired) electrons. The van der Waals surface area contributed by atoms with Gasteiger partial charge in [-0.25, -0.2) is 0 Å². The number of fused-ring (bicyclic) bond motifs is 1. The van der Waals surface area contributed by atoms with E-state index in [9.17, 15) is 0 Å². The highest BCUT2D eigenvalue weighted by Crippen LogP contribution is 2.25. The first kappa shape index (κ1) is 13.8. The topological polar surface area (TPSA) is 24.9 Å². The van der Waals surface area contributed by atoms with Crippen LogP contribution in [0.25, 0.3) is 22.0 Å². The second-order valence-electron chi connectivity index (χ2n) is 5.25. The maximum absolute atomic E-state index is 4.57. The molecule has 106 valence electrons. The number of pyridine rings is 1. The van der Waals surface area contributed by atoms with E-state index in [1.807, 2.05) is 18.3 Å². The standard InChI is InChI=1S/C19H20N2/c1-2-11-20-13-16-8-3-5-9-18(16)17-12-15-7-4-6-10-19(15)21-14-17/h3-10,12,14,20H,2,11,13H2,1H3. The summed E-state index contributed by atoms with van der Waals surface area (Å²) < 4.78 is 0. The van der Waals surface area contributed by atoms with E-state index < -0.39 is 0 Å². The molecule has 0 saturated heterocycles. The van der Waals surface area contributed by atoms with E-state index in [2.05, 4.69) is 59.7 Å². The van der Waals surface area contributed by atoms with Crippen LogP contribution in [0.4, 0.5) is 0 Å². The number of nitrogens with zero attached hydrogens (tertiary/aromatic N) is 1. The fourth-order valence-corrected chi connectivity index (χ4v) is 2.57. The number of hydrogen-bond acceptors (Lipinski definition) is 2. The highest BCUT2D eigenvalue weighted by molar-refractivity contribution is 5.84. The molecule has 1 aromatic heterocycles. The fourth-order valence-electron chi connectivity index (χ4n) is 2.57. The Kier molecular flexibility index (Phi) is 4.27. The van der Waals surface area contributed by atoms with Crippen LogP contribution < -0.4 is 5.32 Å². The monoisotopic (exact) mass is 276 g/mol. The number of aromatic nitrogens is 1. The summed E-state index contributed by atoms with van der Waals surface area (Å²) >= 11 is 0. The van der Waals surface area contributed by atoms with Crippen molar-refractivity contribution in [2.24, 2.45) is 0 Å². The first-order chi connectivity index (χ1) is 10.4. The quantitative estimate of drug-likeness (QED) is 0.699. The maximum Gasteiger partial charge on any atom is 0.0702 e. The van der Waals surface area contributed by atoms with Crippen molar-refractivity contribution in [1.82, 2.24) is 10.3 Å². The van der Waals surface area contributed by atoms with Crippen LogP contribution in [0.2, 0.25) is 0 Å². The summed E-state index contributed by atoms with van der Waals surface area (Å²) in [5.41, 5.74) is 4.81. The van der Waals surface area contributed by atoms with Gasteiger partial charge in [0.25, 0.3) is 0 Å². The first-order valence-electron chi connectivity index (χ1n) is 7.52. The summed E-state index contributed by atoms with van der Waals surface area (Å²) in [5.74, 6) is 0. The normalized spacial score (nSPS) is 10.9. The van der Waals surface area contributed by atoms with Crippen LogP contribution >= 0.6 is 0 Å². The van der Waals surface area contributed by atoms with Crippen molar-refractivity contribution in [2.45, 2.75) is 19.9 Å². The number of rotatable bonds is 5. The smallest absolute Gasteiger partial charge is 0.0702 e. The van der Waals surface area contributed by atoms with Crippen molar-refractivity contribution in [1.29, 1.82) is 0 Å². The van der Waals surface area contributed by atoms with Gasteiger partial charge in [-0.15, -0.1) is 0 Å². The lowest BCUT2D eigenvalue weighted by Gasteiger charge is -2.11. The van der Waals surface area contributed by atoms with Gasteiger partial charge in [-0.1, -0.05) is 49.4 Å². The molecule has 2 heteroatoms. The molecule has 2 nitrogen and oxygen atoms in total. The second kappa shape index (κ2) is 6.51. The molecule has 0 aliphatic rings. The van der Waals surface area contributed by atoms with Crippen molar-refractivity contribution in [2.75, 3.05) is 6.54 Å². The Balaban J connectivity index is 1.97. The summed E-state index contributed by atoms with van der Waals surface area (Å²) in [6, 6.07) is 19.0. The Morgan fingerprint density at radius 1 is 1.00 bits per heavy atom. The van der Waals surface area contributed by atoms with Gasteiger partial charge in [0.15, 0.2) is 0 Å². The SMILES string of the molecule is CCCNCc1ccccc1-c1cnc2ccccc2c1. The van der Waals surface area contributed by atoms with Crippen LogP contribution in [0.15, 0.2) is 60.8 Å². The van der Waals surface area contributed by atoms with Crippen LogP contribution in [0.3, 0.4) is 0 Å². The van der Waals surface area contributed by atoms with Gasteiger partial charge < -0.3 is 5.32 Å². The van der Waals surface area contributed by atoms with Crippen molar-refractivity contribution in [3.63, 3.8) is 0 Å². The highest BCUT2D eigenvalue weighted by atomic mass is 14.8. The zero-order valence-electron chi connectivity index (χ0n) is 12.3. The van der Waals surface area contributed by atoms with Gasteiger partial charge in [-0.2, -0.15) is 0 Å². The van der Waals surface area contributed by atoms with E-state index in [0.717, 1.165) is 25.0 Å². The largest absolute Gasteiger partial charge is 0.313 e. The predicted molar refractivity (Wildman–Crippen MR) is 89.2 cm³/mol. The molecular weight excluding hydrogens is 256 g/mol. The summed E-state index contributed by atoms with van der Waals surface area (Å²) in [4.78, 5) is 4.57. The molecule has 0 unspecified atom stereocenters. The highest BCUT2D eigenvalue weighted by Gasteiger charge is 2.05. The van der Waals surface area contributed by atoms with Crippen molar-refractivity contribution < 1.29 is 0 Å². The minimum atomic E-state index is 0.900. The van der Waals surface area contributed by atoms with Gasteiger partial charge in [-0.05, 0) is 36.2 Å². The molecule has 0 amide bonds. The molecule has 0 saturated carbocycles. The lowest BCUT2D eigenvalue weighted by molar-refractivity contribution is 0.676. The molecule has 3 aromatic rings. The maximum atomic E-state index is 4.57. The van der Waals surface area contributed by atoms with Crippen LogP contribution in [0.1, 0.15) is 18.9 Å². The lowest BCUT2D eigenvalue weighted by Crippen LogP contribution is -2.14. The molecule has 0 atom stereocenters. The van der Waals surface area contributed by atoms with Crippen LogP contribution in [-0.2, 0) is 6.54 Å². The Hall–Kier alpha value is -2.19. The Labute approximate surface area is 125 Å². The summed E-state index contributed by atoms with van der Waals surface area (Å²) in [6.45, 7) is 4.13. The van der Waals surface area contributed by atoms with Crippen molar-refractivity contribution >= 4 is 10.9 Å². The predicted octanol–water partition coefficient (Wildman–Crippen LogP) is 4.40. The Bertz CT molecular complexity index is 734. The average molecular weight is 276 g/mol.